The van der Waals surface area contributed by atoms with Crippen molar-refractivity contribution >= 4 is 5.91 Å². The zero-order chi connectivity index (χ0) is 12.5. The maximum absolute atomic E-state index is 12.1. The normalized spacial score (nSPS) is 28.6. The van der Waals surface area contributed by atoms with Crippen molar-refractivity contribution in [2.75, 3.05) is 0 Å². The highest BCUT2D eigenvalue weighted by Gasteiger charge is 2.39. The molecular weight excluding hydrogens is 226 g/mol. The minimum atomic E-state index is 0.148. The molecule has 3 nitrogen and oxygen atoms in total. The van der Waals surface area contributed by atoms with Gasteiger partial charge in [0.25, 0.3) is 0 Å². The van der Waals surface area contributed by atoms with Crippen LogP contribution in [-0.2, 0) is 11.3 Å². The lowest BCUT2D eigenvalue weighted by Gasteiger charge is -2.17. The fraction of sp³-hybridized carbons (Fsp3) is 0.400. The maximum atomic E-state index is 12.1. The van der Waals surface area contributed by atoms with Crippen LogP contribution in [0.3, 0.4) is 0 Å². The van der Waals surface area contributed by atoms with Crippen molar-refractivity contribution in [1.82, 2.24) is 5.32 Å². The summed E-state index contributed by atoms with van der Waals surface area (Å²) in [5.41, 5.74) is 0.932. The lowest BCUT2D eigenvalue weighted by molar-refractivity contribution is -0.125. The Kier molecular flexibility index (Phi) is 2.82. The van der Waals surface area contributed by atoms with Crippen LogP contribution in [0, 0.1) is 17.8 Å². The van der Waals surface area contributed by atoms with E-state index in [-0.39, 0.29) is 17.6 Å². The summed E-state index contributed by atoms with van der Waals surface area (Å²) in [6, 6.07) is 7.00. The topological polar surface area (TPSA) is 49.3 Å². The third-order valence-electron chi connectivity index (χ3n) is 3.99. The molecule has 0 heterocycles. The molecule has 0 radical (unpaired) electrons. The standard InChI is InChI=1S/C15H17NO2/c17-13-3-1-2-11(7-13)9-16-15(18)14-8-10-4-5-12(14)6-10/h1-5,7,10,12,14,17H,6,8-9H2,(H,16,18). The van der Waals surface area contributed by atoms with Crippen molar-refractivity contribution in [2.45, 2.75) is 19.4 Å². The molecule has 3 heteroatoms. The molecule has 18 heavy (non-hydrogen) atoms. The molecule has 1 aromatic rings. The van der Waals surface area contributed by atoms with Gasteiger partial charge in [0.1, 0.15) is 5.75 Å². The van der Waals surface area contributed by atoms with E-state index in [1.807, 2.05) is 6.07 Å². The van der Waals surface area contributed by atoms with Gasteiger partial charge in [-0.3, -0.25) is 4.79 Å². The van der Waals surface area contributed by atoms with Crippen LogP contribution in [0.25, 0.3) is 0 Å². The van der Waals surface area contributed by atoms with Gasteiger partial charge in [0.15, 0.2) is 0 Å². The van der Waals surface area contributed by atoms with Crippen LogP contribution in [0.5, 0.6) is 5.75 Å². The second kappa shape index (κ2) is 4.48. The van der Waals surface area contributed by atoms with Gasteiger partial charge >= 0.3 is 0 Å². The molecule has 2 bridgehead atoms. The van der Waals surface area contributed by atoms with Gasteiger partial charge < -0.3 is 10.4 Å². The Morgan fingerprint density at radius 3 is 2.89 bits per heavy atom. The molecule has 1 amide bonds. The van der Waals surface area contributed by atoms with Crippen molar-refractivity contribution in [2.24, 2.45) is 17.8 Å². The second-order valence-corrected chi connectivity index (χ2v) is 5.27. The van der Waals surface area contributed by atoms with Gasteiger partial charge in [-0.05, 0) is 42.4 Å². The second-order valence-electron chi connectivity index (χ2n) is 5.27. The van der Waals surface area contributed by atoms with E-state index >= 15 is 0 Å². The number of amides is 1. The number of benzene rings is 1. The number of nitrogens with one attached hydrogen (secondary N) is 1. The molecule has 1 fully saturated rings. The SMILES string of the molecule is O=C(NCc1cccc(O)c1)C1CC2C=CC1C2. The number of hydrogen-bond acceptors (Lipinski definition) is 2. The minimum absolute atomic E-state index is 0.148. The van der Waals surface area contributed by atoms with Crippen molar-refractivity contribution in [3.63, 3.8) is 0 Å². The Bertz CT molecular complexity index is 495. The van der Waals surface area contributed by atoms with Crippen LogP contribution in [-0.4, -0.2) is 11.0 Å². The van der Waals surface area contributed by atoms with Gasteiger partial charge in [0, 0.05) is 12.5 Å². The Labute approximate surface area is 107 Å². The van der Waals surface area contributed by atoms with Crippen LogP contribution in [0.15, 0.2) is 36.4 Å². The molecule has 1 saturated carbocycles. The first kappa shape index (κ1) is 11.3. The van der Waals surface area contributed by atoms with E-state index in [4.69, 9.17) is 0 Å². The van der Waals surface area contributed by atoms with Gasteiger partial charge in [-0.25, -0.2) is 0 Å². The number of fused-ring (bicyclic) bond motifs is 2. The molecule has 2 N–H and O–H groups in total. The third-order valence-corrected chi connectivity index (χ3v) is 3.99. The van der Waals surface area contributed by atoms with Gasteiger partial charge in [-0.2, -0.15) is 0 Å². The van der Waals surface area contributed by atoms with E-state index in [9.17, 15) is 9.90 Å². The summed E-state index contributed by atoms with van der Waals surface area (Å²) in [5, 5.41) is 12.3. The fourth-order valence-electron chi connectivity index (χ4n) is 3.07. The molecule has 94 valence electrons. The van der Waals surface area contributed by atoms with E-state index in [2.05, 4.69) is 17.5 Å². The summed E-state index contributed by atoms with van der Waals surface area (Å²) in [6.07, 6.45) is 6.56. The Balaban J connectivity index is 1.57. The summed E-state index contributed by atoms with van der Waals surface area (Å²) in [6.45, 7) is 0.491. The van der Waals surface area contributed by atoms with Gasteiger partial charge in [-0.1, -0.05) is 24.3 Å². The first-order valence-corrected chi connectivity index (χ1v) is 6.46. The Morgan fingerprint density at radius 2 is 2.22 bits per heavy atom. The number of aromatic hydroxyl groups is 1. The molecular formula is C15H17NO2. The highest BCUT2D eigenvalue weighted by atomic mass is 16.3. The number of phenols is 1. The Hall–Kier alpha value is -1.77. The number of carbonyl (C=O) groups is 1. The van der Waals surface area contributed by atoms with Crippen LogP contribution >= 0.6 is 0 Å². The molecule has 3 atom stereocenters. The van der Waals surface area contributed by atoms with Gasteiger partial charge in [0.2, 0.25) is 5.91 Å². The molecule has 0 saturated heterocycles. The molecule has 1 aromatic carbocycles. The molecule has 0 spiro atoms. The lowest BCUT2D eigenvalue weighted by atomic mass is 9.93. The average molecular weight is 243 g/mol. The van der Waals surface area contributed by atoms with E-state index in [1.54, 1.807) is 18.2 Å². The zero-order valence-corrected chi connectivity index (χ0v) is 10.2. The third kappa shape index (κ3) is 2.13. The van der Waals surface area contributed by atoms with E-state index in [0.717, 1.165) is 18.4 Å². The monoisotopic (exact) mass is 243 g/mol. The molecule has 2 aliphatic rings. The van der Waals surface area contributed by atoms with Crippen LogP contribution < -0.4 is 5.32 Å². The summed E-state index contributed by atoms with van der Waals surface area (Å²) in [7, 11) is 0. The van der Waals surface area contributed by atoms with Crippen molar-refractivity contribution in [3.05, 3.63) is 42.0 Å². The number of phenolic OH excluding ortho intramolecular Hbond substituents is 1. The zero-order valence-electron chi connectivity index (χ0n) is 10.2. The number of allylic oxidation sites excluding steroid dienone is 2. The summed E-state index contributed by atoms with van der Waals surface area (Å²) < 4.78 is 0. The molecule has 0 aromatic heterocycles. The van der Waals surface area contributed by atoms with Gasteiger partial charge in [0.05, 0.1) is 0 Å². The number of rotatable bonds is 3. The highest BCUT2D eigenvalue weighted by molar-refractivity contribution is 5.80. The van der Waals surface area contributed by atoms with Gasteiger partial charge in [-0.15, -0.1) is 0 Å². The average Bonchev–Trinajstić information content (AvgIpc) is 2.98. The van der Waals surface area contributed by atoms with Crippen molar-refractivity contribution < 1.29 is 9.90 Å². The number of carbonyl (C=O) groups excluding carboxylic acids is 1. The predicted molar refractivity (Wildman–Crippen MR) is 68.8 cm³/mol. The lowest BCUT2D eigenvalue weighted by Crippen LogP contribution is -2.32. The minimum Gasteiger partial charge on any atom is -0.508 e. The molecule has 2 aliphatic carbocycles. The summed E-state index contributed by atoms with van der Waals surface area (Å²) in [5.74, 6) is 1.60. The van der Waals surface area contributed by atoms with Crippen LogP contribution in [0.1, 0.15) is 18.4 Å². The van der Waals surface area contributed by atoms with E-state index in [1.165, 1.54) is 0 Å². The van der Waals surface area contributed by atoms with Crippen molar-refractivity contribution in [3.8, 4) is 5.75 Å². The van der Waals surface area contributed by atoms with Crippen LogP contribution in [0.4, 0.5) is 0 Å². The summed E-state index contributed by atoms with van der Waals surface area (Å²) in [4.78, 5) is 12.1. The van der Waals surface area contributed by atoms with E-state index in [0.29, 0.717) is 18.4 Å². The first-order valence-electron chi connectivity index (χ1n) is 6.46. The maximum Gasteiger partial charge on any atom is 0.223 e. The van der Waals surface area contributed by atoms with E-state index < -0.39 is 0 Å². The van der Waals surface area contributed by atoms with Crippen LogP contribution in [0.2, 0.25) is 0 Å². The molecule has 3 rings (SSSR count). The smallest absolute Gasteiger partial charge is 0.223 e. The van der Waals surface area contributed by atoms with Crippen molar-refractivity contribution in [1.29, 1.82) is 0 Å². The molecule has 0 aliphatic heterocycles. The fourth-order valence-corrected chi connectivity index (χ4v) is 3.07. The first-order chi connectivity index (χ1) is 8.72. The highest BCUT2D eigenvalue weighted by Crippen LogP contribution is 2.43. The largest absolute Gasteiger partial charge is 0.508 e. The quantitative estimate of drug-likeness (QED) is 0.800. The summed E-state index contributed by atoms with van der Waals surface area (Å²) >= 11 is 0. The predicted octanol–water partition coefficient (Wildman–Crippen LogP) is 2.22. The Morgan fingerprint density at radius 1 is 1.33 bits per heavy atom. The molecule has 3 unspecified atom stereocenters. The number of hydrogen-bond donors (Lipinski definition) is 2.